The number of amides is 3. The zero-order valence-electron chi connectivity index (χ0n) is 12.3. The number of rotatable bonds is 5. The number of anilines is 2. The van der Waals surface area contributed by atoms with Gasteiger partial charge in [-0.2, -0.15) is 0 Å². The average molecular weight is 301 g/mol. The minimum atomic E-state index is -1.26. The van der Waals surface area contributed by atoms with E-state index in [2.05, 4.69) is 10.6 Å². The fourth-order valence-electron chi connectivity index (χ4n) is 1.49. The molecule has 0 atom stereocenters. The van der Waals surface area contributed by atoms with Gasteiger partial charge in [0.2, 0.25) is 5.91 Å². The Kier molecular flexibility index (Phi) is 8.68. The molecule has 1 rings (SSSR count). The summed E-state index contributed by atoms with van der Waals surface area (Å²) in [5.74, 6) is -1.66. The van der Waals surface area contributed by atoms with Crippen LogP contribution in [0, 0.1) is 0 Å². The second-order valence-corrected chi connectivity index (χ2v) is 4.08. The predicted octanol–water partition coefficient (Wildman–Crippen LogP) is -3.07. The van der Waals surface area contributed by atoms with Crippen LogP contribution in [0.15, 0.2) is 24.3 Å². The van der Waals surface area contributed by atoms with E-state index in [9.17, 15) is 19.5 Å². The standard InChI is InChI=1S/C13H17N3O4.Na/c1-14-13(20)16(2)10-5-3-9(4-6-10)15-11(17)7-8-12(18)19;/h3-6H,7-8H2,1-2H3,(H,14,20)(H,15,17)(H,18,19);/q;+1/p-1. The number of hydrogen-bond acceptors (Lipinski definition) is 4. The van der Waals surface area contributed by atoms with Crippen LogP contribution in [0.5, 0.6) is 0 Å². The molecule has 0 aliphatic rings. The first-order valence-corrected chi connectivity index (χ1v) is 5.99. The number of carboxylic acids is 1. The largest absolute Gasteiger partial charge is 1.00 e. The van der Waals surface area contributed by atoms with Crippen LogP contribution >= 0.6 is 0 Å². The molecule has 0 saturated carbocycles. The summed E-state index contributed by atoms with van der Waals surface area (Å²) >= 11 is 0. The van der Waals surface area contributed by atoms with Gasteiger partial charge in [-0.25, -0.2) is 4.79 Å². The maximum absolute atomic E-state index is 11.4. The number of carbonyl (C=O) groups excluding carboxylic acids is 3. The van der Waals surface area contributed by atoms with Crippen LogP contribution in [0.25, 0.3) is 0 Å². The summed E-state index contributed by atoms with van der Waals surface area (Å²) in [5.41, 5.74) is 1.19. The summed E-state index contributed by atoms with van der Waals surface area (Å²) in [6, 6.07) is 6.35. The number of hydrogen-bond donors (Lipinski definition) is 2. The molecule has 8 heteroatoms. The van der Waals surface area contributed by atoms with E-state index in [1.807, 2.05) is 0 Å². The first-order valence-electron chi connectivity index (χ1n) is 5.99. The Bertz CT molecular complexity index is 505. The molecule has 2 N–H and O–H groups in total. The van der Waals surface area contributed by atoms with Gasteiger partial charge in [-0.1, -0.05) is 0 Å². The van der Waals surface area contributed by atoms with E-state index in [-0.39, 0.29) is 48.4 Å². The molecule has 0 bridgehead atoms. The summed E-state index contributed by atoms with van der Waals surface area (Å²) in [6.07, 6.45) is -0.453. The van der Waals surface area contributed by atoms with Crippen LogP contribution < -0.4 is 50.2 Å². The Morgan fingerprint density at radius 2 is 1.71 bits per heavy atom. The smallest absolute Gasteiger partial charge is 0.550 e. The van der Waals surface area contributed by atoms with Gasteiger partial charge in [-0.05, 0) is 30.7 Å². The Morgan fingerprint density at radius 3 is 2.19 bits per heavy atom. The van der Waals surface area contributed by atoms with Crippen molar-refractivity contribution >= 4 is 29.3 Å². The second kappa shape index (κ2) is 9.38. The minimum absolute atomic E-state index is 0. The van der Waals surface area contributed by atoms with E-state index in [0.717, 1.165) is 0 Å². The monoisotopic (exact) mass is 301 g/mol. The van der Waals surface area contributed by atoms with E-state index in [4.69, 9.17) is 0 Å². The van der Waals surface area contributed by atoms with Crippen LogP contribution in [0.1, 0.15) is 12.8 Å². The van der Waals surface area contributed by atoms with Crippen LogP contribution in [0.2, 0.25) is 0 Å². The molecule has 108 valence electrons. The Labute approximate surface area is 145 Å². The van der Waals surface area contributed by atoms with Crippen molar-refractivity contribution in [1.82, 2.24) is 5.32 Å². The fraction of sp³-hybridized carbons (Fsp3) is 0.308. The third kappa shape index (κ3) is 6.61. The van der Waals surface area contributed by atoms with Gasteiger partial charge in [0.05, 0.1) is 0 Å². The van der Waals surface area contributed by atoms with Gasteiger partial charge in [-0.15, -0.1) is 0 Å². The van der Waals surface area contributed by atoms with Crippen molar-refractivity contribution < 1.29 is 49.0 Å². The molecule has 21 heavy (non-hydrogen) atoms. The van der Waals surface area contributed by atoms with Crippen molar-refractivity contribution in [3.63, 3.8) is 0 Å². The molecular formula is C13H16N3NaO4. The van der Waals surface area contributed by atoms with Crippen molar-refractivity contribution in [2.45, 2.75) is 12.8 Å². The van der Waals surface area contributed by atoms with Crippen molar-refractivity contribution in [3.05, 3.63) is 24.3 Å². The normalized spacial score (nSPS) is 9.24. The number of nitrogens with one attached hydrogen (secondary N) is 2. The molecule has 3 amide bonds. The first-order chi connectivity index (χ1) is 9.43. The van der Waals surface area contributed by atoms with Gasteiger partial charge in [0.1, 0.15) is 0 Å². The minimum Gasteiger partial charge on any atom is -0.550 e. The summed E-state index contributed by atoms with van der Waals surface area (Å²) in [7, 11) is 3.15. The van der Waals surface area contributed by atoms with Crippen molar-refractivity contribution in [3.8, 4) is 0 Å². The molecule has 0 unspecified atom stereocenters. The number of aliphatic carboxylic acids is 1. The van der Waals surface area contributed by atoms with Crippen molar-refractivity contribution in [2.75, 3.05) is 24.3 Å². The maximum atomic E-state index is 11.4. The van der Waals surface area contributed by atoms with Crippen LogP contribution in [-0.2, 0) is 9.59 Å². The molecule has 0 aliphatic heterocycles. The quantitative estimate of drug-likeness (QED) is 0.564. The van der Waals surface area contributed by atoms with Gasteiger partial charge < -0.3 is 20.5 Å². The Balaban J connectivity index is 0.00000400. The van der Waals surface area contributed by atoms with Crippen LogP contribution in [0.3, 0.4) is 0 Å². The number of benzene rings is 1. The molecule has 0 saturated heterocycles. The molecule has 1 aromatic carbocycles. The fourth-order valence-corrected chi connectivity index (χ4v) is 1.49. The predicted molar refractivity (Wildman–Crippen MR) is 72.2 cm³/mol. The summed E-state index contributed by atoms with van der Waals surface area (Å²) < 4.78 is 0. The SMILES string of the molecule is CNC(=O)N(C)c1ccc(NC(=O)CCC(=O)[O-])cc1.[Na+]. The molecule has 0 fully saturated rings. The van der Waals surface area contributed by atoms with E-state index in [1.54, 1.807) is 31.3 Å². The number of carboxylic acid groups (broad SMARTS) is 1. The topological polar surface area (TPSA) is 102 Å². The first kappa shape index (κ1) is 19.4. The van der Waals surface area contributed by atoms with E-state index in [0.29, 0.717) is 11.4 Å². The second-order valence-electron chi connectivity index (χ2n) is 4.08. The Hall–Kier alpha value is -1.57. The van der Waals surface area contributed by atoms with Gasteiger partial charge in [0, 0.05) is 37.9 Å². The maximum Gasteiger partial charge on any atom is 1.00 e. The van der Waals surface area contributed by atoms with E-state index >= 15 is 0 Å². The van der Waals surface area contributed by atoms with E-state index < -0.39 is 11.9 Å². The van der Waals surface area contributed by atoms with Crippen molar-refractivity contribution in [1.29, 1.82) is 0 Å². The molecule has 0 aromatic heterocycles. The van der Waals surface area contributed by atoms with E-state index in [1.165, 1.54) is 11.9 Å². The molecule has 1 aromatic rings. The zero-order chi connectivity index (χ0) is 15.1. The summed E-state index contributed by atoms with van der Waals surface area (Å²) in [6.45, 7) is 0. The zero-order valence-corrected chi connectivity index (χ0v) is 14.3. The average Bonchev–Trinajstić information content (AvgIpc) is 2.44. The molecule has 0 radical (unpaired) electrons. The third-order valence-corrected chi connectivity index (χ3v) is 2.61. The van der Waals surface area contributed by atoms with Gasteiger partial charge in [0.25, 0.3) is 0 Å². The number of urea groups is 1. The van der Waals surface area contributed by atoms with Gasteiger partial charge in [-0.3, -0.25) is 9.69 Å². The number of carbonyl (C=O) groups is 3. The molecular weight excluding hydrogens is 285 g/mol. The van der Waals surface area contributed by atoms with Crippen LogP contribution in [-0.4, -0.2) is 32.0 Å². The molecule has 7 nitrogen and oxygen atoms in total. The number of nitrogens with zero attached hydrogens (tertiary/aromatic N) is 1. The summed E-state index contributed by atoms with van der Waals surface area (Å²) in [4.78, 5) is 34.5. The summed E-state index contributed by atoms with van der Waals surface area (Å²) in [5, 5.41) is 15.3. The van der Waals surface area contributed by atoms with Gasteiger partial charge in [0.15, 0.2) is 0 Å². The van der Waals surface area contributed by atoms with Crippen molar-refractivity contribution in [2.24, 2.45) is 0 Å². The molecule has 0 spiro atoms. The molecule has 0 aliphatic carbocycles. The third-order valence-electron chi connectivity index (χ3n) is 2.61. The Morgan fingerprint density at radius 1 is 1.14 bits per heavy atom. The molecule has 0 heterocycles. The van der Waals surface area contributed by atoms with Gasteiger partial charge >= 0.3 is 35.6 Å². The van der Waals surface area contributed by atoms with Crippen LogP contribution in [0.4, 0.5) is 16.2 Å².